The van der Waals surface area contributed by atoms with E-state index in [-0.39, 0.29) is 6.61 Å². The van der Waals surface area contributed by atoms with E-state index in [2.05, 4.69) is 10.4 Å². The molecule has 9 nitrogen and oxygen atoms in total. The van der Waals surface area contributed by atoms with Crippen molar-refractivity contribution in [2.75, 3.05) is 33.4 Å². The Morgan fingerprint density at radius 1 is 1.09 bits per heavy atom. The third kappa shape index (κ3) is 6.61. The number of nitrogens with one attached hydrogen (secondary N) is 1. The molecule has 0 fully saturated rings. The number of aliphatic hydroxyl groups excluding tert-OH is 1. The van der Waals surface area contributed by atoms with Crippen LogP contribution in [0, 0.1) is 6.92 Å². The number of ether oxygens (including phenoxy) is 4. The standard InChI is InChI=1S/C25H33N3O6/c1-17-23-19(28(27-17)24(30)34-25(2,3)4)9-8-12-22(23)33-16-18(29)15-26-13-14-32-21-11-7-6-10-20(21)31-5/h6-12,18,26,29H,13-16H2,1-5H3/t18-/m0/s1. The van der Waals surface area contributed by atoms with Crippen LogP contribution < -0.4 is 19.5 Å². The second kappa shape index (κ2) is 11.2. The van der Waals surface area contributed by atoms with Gasteiger partial charge < -0.3 is 29.4 Å². The van der Waals surface area contributed by atoms with Crippen molar-refractivity contribution < 1.29 is 28.8 Å². The van der Waals surface area contributed by atoms with Crippen molar-refractivity contribution in [3.63, 3.8) is 0 Å². The Kier molecular flexibility index (Phi) is 8.36. The van der Waals surface area contributed by atoms with E-state index in [1.165, 1.54) is 4.68 Å². The van der Waals surface area contributed by atoms with Crippen molar-refractivity contribution >= 4 is 17.0 Å². The minimum atomic E-state index is -0.734. The maximum Gasteiger partial charge on any atom is 0.435 e. The summed E-state index contributed by atoms with van der Waals surface area (Å²) in [4.78, 5) is 12.5. The second-order valence-electron chi connectivity index (χ2n) is 8.80. The molecule has 0 saturated heterocycles. The van der Waals surface area contributed by atoms with Crippen LogP contribution in [0.1, 0.15) is 26.5 Å². The van der Waals surface area contributed by atoms with Gasteiger partial charge in [-0.15, -0.1) is 0 Å². The molecule has 3 aromatic rings. The molecule has 9 heteroatoms. The molecule has 184 valence electrons. The summed E-state index contributed by atoms with van der Waals surface area (Å²) in [7, 11) is 1.60. The number of fused-ring (bicyclic) bond motifs is 1. The first-order valence-electron chi connectivity index (χ1n) is 11.2. The molecule has 0 radical (unpaired) electrons. The molecule has 0 amide bonds. The van der Waals surface area contributed by atoms with Gasteiger partial charge in [0.15, 0.2) is 11.5 Å². The van der Waals surface area contributed by atoms with Gasteiger partial charge in [0, 0.05) is 13.1 Å². The third-order valence-electron chi connectivity index (χ3n) is 4.83. The Morgan fingerprint density at radius 3 is 2.50 bits per heavy atom. The number of carbonyl (C=O) groups excluding carboxylic acids is 1. The molecule has 1 atom stereocenters. The lowest BCUT2D eigenvalue weighted by Crippen LogP contribution is -2.33. The van der Waals surface area contributed by atoms with E-state index >= 15 is 0 Å². The Hall–Kier alpha value is -3.30. The van der Waals surface area contributed by atoms with Crippen molar-refractivity contribution in [3.05, 3.63) is 48.2 Å². The lowest BCUT2D eigenvalue weighted by molar-refractivity contribution is 0.0522. The molecule has 0 spiro atoms. The van der Waals surface area contributed by atoms with Crippen LogP contribution in [0.25, 0.3) is 10.9 Å². The molecule has 2 aromatic carbocycles. The monoisotopic (exact) mass is 471 g/mol. The zero-order valence-corrected chi connectivity index (χ0v) is 20.3. The first-order valence-corrected chi connectivity index (χ1v) is 11.2. The van der Waals surface area contributed by atoms with Gasteiger partial charge in [0.2, 0.25) is 0 Å². The van der Waals surface area contributed by atoms with Crippen LogP contribution in [-0.4, -0.2) is 66.1 Å². The average molecular weight is 472 g/mol. The van der Waals surface area contributed by atoms with E-state index in [1.54, 1.807) is 53.0 Å². The number of methoxy groups -OCH3 is 1. The van der Waals surface area contributed by atoms with Crippen LogP contribution in [0.5, 0.6) is 17.2 Å². The van der Waals surface area contributed by atoms with Gasteiger partial charge in [0.1, 0.15) is 30.7 Å². The number of hydrogen-bond donors (Lipinski definition) is 2. The van der Waals surface area contributed by atoms with Crippen LogP contribution in [0.2, 0.25) is 0 Å². The normalized spacial score (nSPS) is 12.4. The number of nitrogens with zero attached hydrogens (tertiary/aromatic N) is 2. The summed E-state index contributed by atoms with van der Waals surface area (Å²) < 4.78 is 23.5. The Balaban J connectivity index is 1.51. The van der Waals surface area contributed by atoms with E-state index in [4.69, 9.17) is 18.9 Å². The topological polar surface area (TPSA) is 104 Å². The van der Waals surface area contributed by atoms with Crippen molar-refractivity contribution in [1.29, 1.82) is 0 Å². The highest BCUT2D eigenvalue weighted by Crippen LogP contribution is 2.29. The number of aliphatic hydroxyl groups is 1. The van der Waals surface area contributed by atoms with Crippen molar-refractivity contribution in [2.24, 2.45) is 0 Å². The van der Waals surface area contributed by atoms with E-state index in [0.29, 0.717) is 53.5 Å². The van der Waals surface area contributed by atoms with Crippen LogP contribution >= 0.6 is 0 Å². The number of hydrogen-bond acceptors (Lipinski definition) is 8. The molecule has 34 heavy (non-hydrogen) atoms. The van der Waals surface area contributed by atoms with Gasteiger partial charge in [0.05, 0.1) is 23.7 Å². The molecule has 0 aliphatic carbocycles. The summed E-state index contributed by atoms with van der Waals surface area (Å²) in [6.45, 7) is 8.60. The van der Waals surface area contributed by atoms with E-state index in [1.807, 2.05) is 24.3 Å². The molecule has 0 saturated carbocycles. The lowest BCUT2D eigenvalue weighted by Gasteiger charge is -2.19. The minimum absolute atomic E-state index is 0.0799. The summed E-state index contributed by atoms with van der Waals surface area (Å²) in [5.74, 6) is 1.89. The third-order valence-corrected chi connectivity index (χ3v) is 4.83. The van der Waals surface area contributed by atoms with Crippen molar-refractivity contribution in [2.45, 2.75) is 39.4 Å². The molecular weight excluding hydrogens is 438 g/mol. The molecule has 1 aromatic heterocycles. The highest BCUT2D eigenvalue weighted by Gasteiger charge is 2.22. The lowest BCUT2D eigenvalue weighted by atomic mass is 10.2. The molecule has 0 aliphatic rings. The van der Waals surface area contributed by atoms with Gasteiger partial charge in [-0.05, 0) is 52.0 Å². The van der Waals surface area contributed by atoms with Gasteiger partial charge in [0.25, 0.3) is 0 Å². The fourth-order valence-corrected chi connectivity index (χ4v) is 3.36. The number of carbonyl (C=O) groups is 1. The zero-order chi connectivity index (χ0) is 24.7. The number of rotatable bonds is 10. The van der Waals surface area contributed by atoms with Gasteiger partial charge in [-0.3, -0.25) is 0 Å². The molecule has 0 aliphatic heterocycles. The van der Waals surface area contributed by atoms with Crippen LogP contribution in [-0.2, 0) is 4.74 Å². The maximum atomic E-state index is 12.5. The predicted molar refractivity (Wildman–Crippen MR) is 129 cm³/mol. The summed E-state index contributed by atoms with van der Waals surface area (Å²) in [5.41, 5.74) is 0.593. The maximum absolute atomic E-state index is 12.5. The fraction of sp³-hybridized carbons (Fsp3) is 0.440. The number of aromatic nitrogens is 2. The van der Waals surface area contributed by atoms with Crippen molar-refractivity contribution in [1.82, 2.24) is 15.1 Å². The highest BCUT2D eigenvalue weighted by atomic mass is 16.6. The first-order chi connectivity index (χ1) is 16.2. The Bertz CT molecular complexity index is 1110. The number of para-hydroxylation sites is 2. The predicted octanol–water partition coefficient (Wildman–Crippen LogP) is 3.54. The van der Waals surface area contributed by atoms with Gasteiger partial charge in [-0.25, -0.2) is 4.79 Å². The SMILES string of the molecule is COc1ccccc1OCCNC[C@H](O)COc1cccc2c1c(C)nn2C(=O)OC(C)(C)C. The largest absolute Gasteiger partial charge is 0.493 e. The zero-order valence-electron chi connectivity index (χ0n) is 20.3. The molecular formula is C25H33N3O6. The minimum Gasteiger partial charge on any atom is -0.493 e. The average Bonchev–Trinajstić information content (AvgIpc) is 3.14. The molecule has 0 bridgehead atoms. The Labute approximate surface area is 199 Å². The Morgan fingerprint density at radius 2 is 1.79 bits per heavy atom. The van der Waals surface area contributed by atoms with E-state index in [9.17, 15) is 9.90 Å². The van der Waals surface area contributed by atoms with Crippen LogP contribution in [0.4, 0.5) is 4.79 Å². The summed E-state index contributed by atoms with van der Waals surface area (Å²) in [6, 6.07) is 12.8. The second-order valence-corrected chi connectivity index (χ2v) is 8.80. The fourth-order valence-electron chi connectivity index (χ4n) is 3.36. The van der Waals surface area contributed by atoms with Crippen LogP contribution in [0.15, 0.2) is 42.5 Å². The molecule has 1 heterocycles. The van der Waals surface area contributed by atoms with Crippen LogP contribution in [0.3, 0.4) is 0 Å². The molecule has 2 N–H and O–H groups in total. The summed E-state index contributed by atoms with van der Waals surface area (Å²) >= 11 is 0. The van der Waals surface area contributed by atoms with Gasteiger partial charge in [-0.1, -0.05) is 18.2 Å². The number of aryl methyl sites for hydroxylation is 1. The summed E-state index contributed by atoms with van der Waals surface area (Å²) in [5, 5.41) is 18.5. The molecule has 3 rings (SSSR count). The van der Waals surface area contributed by atoms with Gasteiger partial charge in [-0.2, -0.15) is 9.78 Å². The smallest absolute Gasteiger partial charge is 0.435 e. The highest BCUT2D eigenvalue weighted by molar-refractivity contribution is 5.93. The molecule has 0 unspecified atom stereocenters. The van der Waals surface area contributed by atoms with E-state index < -0.39 is 17.8 Å². The van der Waals surface area contributed by atoms with E-state index in [0.717, 1.165) is 0 Å². The quantitative estimate of drug-likeness (QED) is 0.433. The van der Waals surface area contributed by atoms with Crippen molar-refractivity contribution in [3.8, 4) is 17.2 Å². The first kappa shape index (κ1) is 25.3. The number of benzene rings is 2. The summed E-state index contributed by atoms with van der Waals surface area (Å²) in [6.07, 6.45) is -1.29. The van der Waals surface area contributed by atoms with Gasteiger partial charge >= 0.3 is 6.09 Å².